The zero-order chi connectivity index (χ0) is 19.5. The van der Waals surface area contributed by atoms with Crippen molar-refractivity contribution >= 4 is 23.1 Å². The van der Waals surface area contributed by atoms with E-state index in [1.165, 1.54) is 0 Å². The standard InChI is InChI=1S/C23H17NO4/c25-21-20(17-9-5-2-6-10-17)22(26)24(23(21)27)18-11-13-19(14-12-18)28-15-16-7-3-1-4-8-16/h1-14,25H,15H2. The number of amides is 2. The zero-order valence-corrected chi connectivity index (χ0v) is 14.9. The number of carbonyl (C=O) groups is 2. The summed E-state index contributed by atoms with van der Waals surface area (Å²) in [6.45, 7) is 0.419. The molecule has 5 heteroatoms. The van der Waals surface area contributed by atoms with Gasteiger partial charge in [0.05, 0.1) is 11.3 Å². The fourth-order valence-corrected chi connectivity index (χ4v) is 3.05. The highest BCUT2D eigenvalue weighted by Crippen LogP contribution is 2.32. The average molecular weight is 371 g/mol. The van der Waals surface area contributed by atoms with Gasteiger partial charge in [0.25, 0.3) is 5.91 Å². The smallest absolute Gasteiger partial charge is 0.301 e. The summed E-state index contributed by atoms with van der Waals surface area (Å²) in [7, 11) is 0. The first kappa shape index (κ1) is 17.5. The summed E-state index contributed by atoms with van der Waals surface area (Å²) in [6, 6.07) is 25.0. The molecular weight excluding hydrogens is 354 g/mol. The van der Waals surface area contributed by atoms with Crippen molar-refractivity contribution in [2.45, 2.75) is 6.61 Å². The molecule has 0 spiro atoms. The summed E-state index contributed by atoms with van der Waals surface area (Å²) in [5.41, 5.74) is 1.93. The molecule has 0 unspecified atom stereocenters. The Kier molecular flexibility index (Phi) is 4.64. The Balaban J connectivity index is 1.52. The Hall–Kier alpha value is -3.86. The van der Waals surface area contributed by atoms with E-state index in [2.05, 4.69) is 0 Å². The Morgan fingerprint density at radius 3 is 2.00 bits per heavy atom. The average Bonchev–Trinajstić information content (AvgIpc) is 2.97. The first-order valence-electron chi connectivity index (χ1n) is 8.79. The number of hydrogen-bond donors (Lipinski definition) is 1. The maximum absolute atomic E-state index is 12.8. The van der Waals surface area contributed by atoms with Crippen LogP contribution in [0.5, 0.6) is 5.75 Å². The van der Waals surface area contributed by atoms with Gasteiger partial charge in [-0.1, -0.05) is 60.7 Å². The van der Waals surface area contributed by atoms with Gasteiger partial charge in [-0.2, -0.15) is 0 Å². The van der Waals surface area contributed by atoms with Gasteiger partial charge in [-0.15, -0.1) is 0 Å². The molecule has 0 fully saturated rings. The monoisotopic (exact) mass is 371 g/mol. The van der Waals surface area contributed by atoms with E-state index in [1.54, 1.807) is 54.6 Å². The number of imide groups is 1. The van der Waals surface area contributed by atoms with E-state index in [1.807, 2.05) is 30.3 Å². The molecule has 0 bridgehead atoms. The SMILES string of the molecule is O=C1C(O)=C(c2ccccc2)C(=O)N1c1ccc(OCc2ccccc2)cc1. The van der Waals surface area contributed by atoms with E-state index in [9.17, 15) is 14.7 Å². The molecule has 0 saturated carbocycles. The number of ether oxygens (including phenoxy) is 1. The fraction of sp³-hybridized carbons (Fsp3) is 0.0435. The lowest BCUT2D eigenvalue weighted by atomic mass is 10.1. The van der Waals surface area contributed by atoms with Gasteiger partial charge < -0.3 is 9.84 Å². The first-order chi connectivity index (χ1) is 13.6. The molecule has 3 aromatic carbocycles. The molecule has 2 amide bonds. The number of hydrogen-bond acceptors (Lipinski definition) is 4. The fourth-order valence-electron chi connectivity index (χ4n) is 3.05. The van der Waals surface area contributed by atoms with Gasteiger partial charge in [0.15, 0.2) is 5.76 Å². The van der Waals surface area contributed by atoms with Crippen LogP contribution in [0.4, 0.5) is 5.69 Å². The van der Waals surface area contributed by atoms with Gasteiger partial charge >= 0.3 is 5.91 Å². The summed E-state index contributed by atoms with van der Waals surface area (Å²) in [4.78, 5) is 26.2. The highest BCUT2D eigenvalue weighted by molar-refractivity contribution is 6.44. The van der Waals surface area contributed by atoms with Crippen molar-refractivity contribution in [3.8, 4) is 5.75 Å². The van der Waals surface area contributed by atoms with Gasteiger partial charge in [0.1, 0.15) is 12.4 Å². The predicted molar refractivity (Wildman–Crippen MR) is 106 cm³/mol. The minimum Gasteiger partial charge on any atom is -0.502 e. The summed E-state index contributed by atoms with van der Waals surface area (Å²) in [6.07, 6.45) is 0. The molecule has 3 aromatic rings. The van der Waals surface area contributed by atoms with Crippen LogP contribution in [-0.2, 0) is 16.2 Å². The Bertz CT molecular complexity index is 1040. The van der Waals surface area contributed by atoms with Gasteiger partial charge in [-0.05, 0) is 35.4 Å². The van der Waals surface area contributed by atoms with Crippen LogP contribution in [-0.4, -0.2) is 16.9 Å². The van der Waals surface area contributed by atoms with E-state index in [0.29, 0.717) is 23.6 Å². The molecule has 0 atom stereocenters. The molecular formula is C23H17NO4. The van der Waals surface area contributed by atoms with Crippen LogP contribution >= 0.6 is 0 Å². The molecule has 5 nitrogen and oxygen atoms in total. The van der Waals surface area contributed by atoms with Crippen LogP contribution in [0.15, 0.2) is 90.7 Å². The Morgan fingerprint density at radius 2 is 1.36 bits per heavy atom. The van der Waals surface area contributed by atoms with E-state index < -0.39 is 17.6 Å². The van der Waals surface area contributed by atoms with Crippen LogP contribution in [0, 0.1) is 0 Å². The molecule has 138 valence electrons. The summed E-state index contributed by atoms with van der Waals surface area (Å²) in [5.74, 6) is -1.21. The molecule has 0 aliphatic carbocycles. The van der Waals surface area contributed by atoms with Crippen molar-refractivity contribution in [3.05, 3.63) is 102 Å². The highest BCUT2D eigenvalue weighted by Gasteiger charge is 2.40. The normalized spacial score (nSPS) is 13.9. The van der Waals surface area contributed by atoms with Crippen molar-refractivity contribution in [1.82, 2.24) is 0 Å². The van der Waals surface area contributed by atoms with Crippen LogP contribution < -0.4 is 9.64 Å². The van der Waals surface area contributed by atoms with Gasteiger partial charge in [-0.25, -0.2) is 4.90 Å². The Morgan fingerprint density at radius 1 is 0.750 bits per heavy atom. The van der Waals surface area contributed by atoms with Gasteiger partial charge in [0, 0.05) is 0 Å². The predicted octanol–water partition coefficient (Wildman–Crippen LogP) is 4.11. The molecule has 1 aliphatic rings. The second kappa shape index (κ2) is 7.40. The van der Waals surface area contributed by atoms with Crippen molar-refractivity contribution in [1.29, 1.82) is 0 Å². The van der Waals surface area contributed by atoms with Crippen molar-refractivity contribution < 1.29 is 19.4 Å². The van der Waals surface area contributed by atoms with Crippen LogP contribution in [0.25, 0.3) is 5.57 Å². The number of anilines is 1. The molecule has 1 N–H and O–H groups in total. The highest BCUT2D eigenvalue weighted by atomic mass is 16.5. The van der Waals surface area contributed by atoms with Crippen molar-refractivity contribution in [2.24, 2.45) is 0 Å². The molecule has 0 aromatic heterocycles. The van der Waals surface area contributed by atoms with E-state index in [-0.39, 0.29) is 5.57 Å². The van der Waals surface area contributed by atoms with Crippen LogP contribution in [0.3, 0.4) is 0 Å². The largest absolute Gasteiger partial charge is 0.502 e. The summed E-state index contributed by atoms with van der Waals surface area (Å²) >= 11 is 0. The lowest BCUT2D eigenvalue weighted by molar-refractivity contribution is -0.121. The number of aliphatic hydroxyl groups is 1. The topological polar surface area (TPSA) is 66.8 Å². The number of carbonyl (C=O) groups excluding carboxylic acids is 2. The lowest BCUT2D eigenvalue weighted by Gasteiger charge is -2.15. The van der Waals surface area contributed by atoms with E-state index in [0.717, 1.165) is 10.5 Å². The van der Waals surface area contributed by atoms with Crippen LogP contribution in [0.1, 0.15) is 11.1 Å². The number of rotatable bonds is 5. The van der Waals surface area contributed by atoms with Crippen molar-refractivity contribution in [3.63, 3.8) is 0 Å². The second-order valence-electron chi connectivity index (χ2n) is 6.30. The third kappa shape index (κ3) is 3.25. The quantitative estimate of drug-likeness (QED) is 0.686. The minimum absolute atomic E-state index is 0.00926. The lowest BCUT2D eigenvalue weighted by Crippen LogP contribution is -2.31. The molecule has 0 radical (unpaired) electrons. The van der Waals surface area contributed by atoms with Crippen molar-refractivity contribution in [2.75, 3.05) is 4.90 Å². The second-order valence-corrected chi connectivity index (χ2v) is 6.30. The molecule has 28 heavy (non-hydrogen) atoms. The third-order valence-corrected chi connectivity index (χ3v) is 4.47. The van der Waals surface area contributed by atoms with Gasteiger partial charge in [0.2, 0.25) is 0 Å². The number of aliphatic hydroxyl groups excluding tert-OH is 1. The number of benzene rings is 3. The first-order valence-corrected chi connectivity index (χ1v) is 8.79. The minimum atomic E-state index is -0.734. The van der Waals surface area contributed by atoms with E-state index in [4.69, 9.17) is 4.74 Å². The summed E-state index contributed by atoms with van der Waals surface area (Å²) in [5, 5.41) is 10.2. The van der Waals surface area contributed by atoms with Crippen LogP contribution in [0.2, 0.25) is 0 Å². The van der Waals surface area contributed by atoms with E-state index >= 15 is 0 Å². The third-order valence-electron chi connectivity index (χ3n) is 4.47. The zero-order valence-electron chi connectivity index (χ0n) is 14.9. The molecule has 1 heterocycles. The number of nitrogens with zero attached hydrogens (tertiary/aromatic N) is 1. The maximum atomic E-state index is 12.8. The maximum Gasteiger partial charge on any atom is 0.301 e. The molecule has 4 rings (SSSR count). The van der Waals surface area contributed by atoms with Gasteiger partial charge in [-0.3, -0.25) is 9.59 Å². The molecule has 0 saturated heterocycles. The molecule has 1 aliphatic heterocycles. The summed E-state index contributed by atoms with van der Waals surface area (Å²) < 4.78 is 5.73. The Labute approximate surface area is 162 Å².